The Hall–Kier alpha value is -0.780. The second-order valence-corrected chi connectivity index (χ2v) is 4.20. The molecular weight excluding hydrogens is 144 g/mol. The summed E-state index contributed by atoms with van der Waals surface area (Å²) in [5, 5.41) is 0. The van der Waals surface area contributed by atoms with Gasteiger partial charge in [-0.15, -0.1) is 0 Å². The molecule has 0 aromatic heterocycles. The Kier molecular flexibility index (Phi) is 1.31. The number of rotatable bonds is 0. The van der Waals surface area contributed by atoms with Gasteiger partial charge in [0.1, 0.15) is 0 Å². The minimum absolute atomic E-state index is 0.932. The third-order valence-electron chi connectivity index (χ3n) is 3.60. The van der Waals surface area contributed by atoms with Crippen molar-refractivity contribution >= 4 is 0 Å². The molecule has 0 N–H and O–H groups in total. The highest BCUT2D eigenvalue weighted by Crippen LogP contribution is 2.47. The molecule has 0 aliphatic heterocycles. The standard InChI is InChI=1S/C12H14/c1-2-6-11-9(4-1)8-10-5-3-7-12(10)11/h1-2,4,6,10,12H,3,5,7-8H2/t10-,12+/m0/s1. The molecule has 0 saturated heterocycles. The lowest BCUT2D eigenvalue weighted by atomic mass is 9.97. The van der Waals surface area contributed by atoms with E-state index in [0.29, 0.717) is 0 Å². The van der Waals surface area contributed by atoms with Crippen molar-refractivity contribution in [3.8, 4) is 0 Å². The summed E-state index contributed by atoms with van der Waals surface area (Å²) in [6, 6.07) is 9.03. The summed E-state index contributed by atoms with van der Waals surface area (Å²) in [6.45, 7) is 0. The quantitative estimate of drug-likeness (QED) is 0.544. The van der Waals surface area contributed by atoms with Gasteiger partial charge in [0.15, 0.2) is 0 Å². The van der Waals surface area contributed by atoms with Gasteiger partial charge in [-0.2, -0.15) is 0 Å². The Morgan fingerprint density at radius 3 is 3.00 bits per heavy atom. The maximum Gasteiger partial charge on any atom is -0.0128 e. The van der Waals surface area contributed by atoms with Crippen LogP contribution in [0, 0.1) is 5.92 Å². The van der Waals surface area contributed by atoms with Gasteiger partial charge in [-0.25, -0.2) is 0 Å². The lowest BCUT2D eigenvalue weighted by Gasteiger charge is -2.08. The van der Waals surface area contributed by atoms with Gasteiger partial charge in [0.2, 0.25) is 0 Å². The summed E-state index contributed by atoms with van der Waals surface area (Å²) in [6.07, 6.45) is 5.74. The van der Waals surface area contributed by atoms with E-state index >= 15 is 0 Å². The van der Waals surface area contributed by atoms with Crippen LogP contribution < -0.4 is 0 Å². The molecule has 3 rings (SSSR count). The first-order valence-electron chi connectivity index (χ1n) is 5.03. The largest absolute Gasteiger partial charge is 0.0620 e. The van der Waals surface area contributed by atoms with E-state index in [1.54, 1.807) is 11.1 Å². The molecule has 12 heavy (non-hydrogen) atoms. The van der Waals surface area contributed by atoms with Gasteiger partial charge < -0.3 is 0 Å². The minimum Gasteiger partial charge on any atom is -0.0620 e. The van der Waals surface area contributed by atoms with Crippen LogP contribution in [-0.2, 0) is 6.42 Å². The fourth-order valence-corrected chi connectivity index (χ4v) is 3.05. The molecule has 0 heteroatoms. The van der Waals surface area contributed by atoms with Gasteiger partial charge in [-0.1, -0.05) is 30.7 Å². The summed E-state index contributed by atoms with van der Waals surface area (Å²) < 4.78 is 0. The van der Waals surface area contributed by atoms with E-state index in [2.05, 4.69) is 24.3 Å². The highest BCUT2D eigenvalue weighted by atomic mass is 14.4. The van der Waals surface area contributed by atoms with Crippen molar-refractivity contribution < 1.29 is 0 Å². The molecule has 1 saturated carbocycles. The fraction of sp³-hybridized carbons (Fsp3) is 0.500. The van der Waals surface area contributed by atoms with Crippen LogP contribution in [0.2, 0.25) is 0 Å². The number of hydrogen-bond donors (Lipinski definition) is 0. The van der Waals surface area contributed by atoms with Crippen molar-refractivity contribution in [3.63, 3.8) is 0 Å². The van der Waals surface area contributed by atoms with Crippen LogP contribution in [0.3, 0.4) is 0 Å². The molecule has 2 aliphatic rings. The van der Waals surface area contributed by atoms with E-state index in [-0.39, 0.29) is 0 Å². The Balaban J connectivity index is 2.09. The first kappa shape index (κ1) is 6.71. The Bertz CT molecular complexity index is 301. The minimum atomic E-state index is 0.932. The lowest BCUT2D eigenvalue weighted by molar-refractivity contribution is 0.527. The van der Waals surface area contributed by atoms with Gasteiger partial charge in [0, 0.05) is 0 Å². The summed E-state index contributed by atoms with van der Waals surface area (Å²) in [7, 11) is 0. The van der Waals surface area contributed by atoms with Crippen LogP contribution in [0.4, 0.5) is 0 Å². The van der Waals surface area contributed by atoms with Crippen LogP contribution in [0.1, 0.15) is 36.3 Å². The van der Waals surface area contributed by atoms with Crippen molar-refractivity contribution in [2.24, 2.45) is 5.92 Å². The molecule has 0 bridgehead atoms. The summed E-state index contributed by atoms with van der Waals surface area (Å²) in [5.41, 5.74) is 3.30. The van der Waals surface area contributed by atoms with Gasteiger partial charge in [0.05, 0.1) is 0 Å². The van der Waals surface area contributed by atoms with E-state index in [9.17, 15) is 0 Å². The predicted molar refractivity (Wildman–Crippen MR) is 50.2 cm³/mol. The van der Waals surface area contributed by atoms with Crippen LogP contribution in [0.25, 0.3) is 0 Å². The molecule has 62 valence electrons. The highest BCUT2D eigenvalue weighted by molar-refractivity contribution is 5.36. The maximum absolute atomic E-state index is 2.34. The van der Waals surface area contributed by atoms with Crippen LogP contribution in [0.5, 0.6) is 0 Å². The summed E-state index contributed by atoms with van der Waals surface area (Å²) in [5.74, 6) is 1.93. The van der Waals surface area contributed by atoms with Gasteiger partial charge in [0.25, 0.3) is 0 Å². The number of fused-ring (bicyclic) bond motifs is 3. The molecular formula is C12H14. The SMILES string of the molecule is c1ccc2c(c1)C[C@@H]1CCC[C@@H]21. The fourth-order valence-electron chi connectivity index (χ4n) is 3.05. The molecule has 0 nitrogen and oxygen atoms in total. The molecule has 0 heterocycles. The monoisotopic (exact) mass is 158 g/mol. The van der Waals surface area contributed by atoms with Crippen LogP contribution >= 0.6 is 0 Å². The molecule has 0 unspecified atom stereocenters. The van der Waals surface area contributed by atoms with Crippen molar-refractivity contribution in [2.45, 2.75) is 31.6 Å². The normalized spacial score (nSPS) is 31.7. The van der Waals surface area contributed by atoms with Gasteiger partial charge in [-0.3, -0.25) is 0 Å². The van der Waals surface area contributed by atoms with E-state index in [1.165, 1.54) is 25.7 Å². The molecule has 0 radical (unpaired) electrons. The molecule has 1 aromatic carbocycles. The zero-order valence-electron chi connectivity index (χ0n) is 7.29. The van der Waals surface area contributed by atoms with Gasteiger partial charge in [-0.05, 0) is 42.2 Å². The Morgan fingerprint density at radius 2 is 2.00 bits per heavy atom. The molecule has 2 aliphatic carbocycles. The average molecular weight is 158 g/mol. The molecule has 2 atom stereocenters. The lowest BCUT2D eigenvalue weighted by Crippen LogP contribution is -1.97. The van der Waals surface area contributed by atoms with Crippen molar-refractivity contribution in [1.29, 1.82) is 0 Å². The van der Waals surface area contributed by atoms with E-state index in [0.717, 1.165) is 11.8 Å². The highest BCUT2D eigenvalue weighted by Gasteiger charge is 2.35. The zero-order valence-corrected chi connectivity index (χ0v) is 7.29. The second-order valence-electron chi connectivity index (χ2n) is 4.20. The average Bonchev–Trinajstić information content (AvgIpc) is 2.62. The summed E-state index contributed by atoms with van der Waals surface area (Å²) >= 11 is 0. The van der Waals surface area contributed by atoms with Crippen molar-refractivity contribution in [3.05, 3.63) is 35.4 Å². The van der Waals surface area contributed by atoms with Crippen LogP contribution in [-0.4, -0.2) is 0 Å². The second kappa shape index (κ2) is 2.35. The Labute approximate surface area is 73.6 Å². The van der Waals surface area contributed by atoms with Crippen LogP contribution in [0.15, 0.2) is 24.3 Å². The molecule has 1 fully saturated rings. The maximum atomic E-state index is 2.34. The Morgan fingerprint density at radius 1 is 1.08 bits per heavy atom. The van der Waals surface area contributed by atoms with E-state index < -0.39 is 0 Å². The van der Waals surface area contributed by atoms with E-state index in [1.807, 2.05) is 0 Å². The third-order valence-corrected chi connectivity index (χ3v) is 3.60. The van der Waals surface area contributed by atoms with E-state index in [4.69, 9.17) is 0 Å². The number of benzene rings is 1. The molecule has 0 spiro atoms. The molecule has 1 aromatic rings. The summed E-state index contributed by atoms with van der Waals surface area (Å²) in [4.78, 5) is 0. The van der Waals surface area contributed by atoms with Gasteiger partial charge >= 0.3 is 0 Å². The first-order valence-corrected chi connectivity index (χ1v) is 5.03. The predicted octanol–water partition coefficient (Wildman–Crippen LogP) is 3.13. The zero-order chi connectivity index (χ0) is 7.97. The smallest absolute Gasteiger partial charge is 0.0128 e. The third kappa shape index (κ3) is 0.782. The van der Waals surface area contributed by atoms with Crippen molar-refractivity contribution in [2.75, 3.05) is 0 Å². The first-order chi connectivity index (χ1) is 5.95. The van der Waals surface area contributed by atoms with Crippen molar-refractivity contribution in [1.82, 2.24) is 0 Å². The topological polar surface area (TPSA) is 0 Å². The number of hydrogen-bond acceptors (Lipinski definition) is 0. The molecule has 0 amide bonds.